The van der Waals surface area contributed by atoms with Crippen molar-refractivity contribution in [2.75, 3.05) is 0 Å². The summed E-state index contributed by atoms with van der Waals surface area (Å²) in [5.41, 5.74) is -0.819. The quantitative estimate of drug-likeness (QED) is 0.265. The molecule has 0 aromatic carbocycles. The fourth-order valence-electron chi connectivity index (χ4n) is 0.471. The highest BCUT2D eigenvalue weighted by Crippen LogP contribution is 1.96. The van der Waals surface area contributed by atoms with Crippen LogP contribution in [0.1, 0.15) is 13.8 Å². The van der Waals surface area contributed by atoms with Crippen molar-refractivity contribution in [3.05, 3.63) is 0 Å². The Hall–Kier alpha value is -1.39. The summed E-state index contributed by atoms with van der Waals surface area (Å²) in [6.45, 7) is 3.05. The van der Waals surface area contributed by atoms with Gasteiger partial charge in [-0.25, -0.2) is 4.79 Å². The molecule has 0 amide bonds. The first-order valence-electron chi connectivity index (χ1n) is 3.00. The largest absolute Gasteiger partial charge is 0.476 e. The van der Waals surface area contributed by atoms with Crippen molar-refractivity contribution in [3.8, 4) is 0 Å². The fraction of sp³-hybridized carbons (Fsp3) is 0.500. The molecule has 0 saturated heterocycles. The van der Waals surface area contributed by atoms with E-state index in [9.17, 15) is 9.59 Å². The molecule has 0 heterocycles. The maximum Gasteiger partial charge on any atom is 0.361 e. The number of oxime groups is 1. The van der Waals surface area contributed by atoms with Crippen LogP contribution in [0, 0.1) is 5.92 Å². The average molecular weight is 159 g/mol. The summed E-state index contributed by atoms with van der Waals surface area (Å²) in [5, 5.41) is 18.8. The summed E-state index contributed by atoms with van der Waals surface area (Å²) in [6.07, 6.45) is 0. The van der Waals surface area contributed by atoms with E-state index < -0.39 is 23.4 Å². The van der Waals surface area contributed by atoms with Gasteiger partial charge in [0.05, 0.1) is 0 Å². The number of carboxylic acids is 1. The van der Waals surface area contributed by atoms with E-state index in [4.69, 9.17) is 10.3 Å². The first-order valence-corrected chi connectivity index (χ1v) is 3.00. The lowest BCUT2D eigenvalue weighted by Crippen LogP contribution is -2.27. The normalized spacial score (nSPS) is 11.7. The van der Waals surface area contributed by atoms with Crippen molar-refractivity contribution in [2.45, 2.75) is 13.8 Å². The lowest BCUT2D eigenvalue weighted by Gasteiger charge is -2.00. The molecule has 0 unspecified atom stereocenters. The van der Waals surface area contributed by atoms with Crippen LogP contribution in [0.3, 0.4) is 0 Å². The number of hydrogen-bond acceptors (Lipinski definition) is 4. The number of Topliss-reactive ketones (excluding diaryl/α,β-unsaturated/α-hetero) is 1. The van der Waals surface area contributed by atoms with Crippen LogP contribution in [-0.2, 0) is 9.59 Å². The smallest absolute Gasteiger partial charge is 0.361 e. The third kappa shape index (κ3) is 2.37. The molecule has 0 saturated carbocycles. The van der Waals surface area contributed by atoms with Crippen LogP contribution in [0.15, 0.2) is 5.16 Å². The van der Waals surface area contributed by atoms with Gasteiger partial charge in [-0.1, -0.05) is 19.0 Å². The molecule has 5 nitrogen and oxygen atoms in total. The van der Waals surface area contributed by atoms with E-state index >= 15 is 0 Å². The van der Waals surface area contributed by atoms with Crippen LogP contribution < -0.4 is 0 Å². The molecule has 0 aromatic rings. The number of hydrogen-bond donors (Lipinski definition) is 2. The summed E-state index contributed by atoms with van der Waals surface area (Å²) in [4.78, 5) is 21.0. The van der Waals surface area contributed by atoms with Crippen molar-refractivity contribution < 1.29 is 19.9 Å². The van der Waals surface area contributed by atoms with E-state index in [1.54, 1.807) is 0 Å². The minimum atomic E-state index is -1.51. The van der Waals surface area contributed by atoms with E-state index in [-0.39, 0.29) is 0 Å². The molecule has 5 heteroatoms. The molecule has 2 N–H and O–H groups in total. The second-order valence-electron chi connectivity index (χ2n) is 2.27. The molecule has 0 rings (SSSR count). The highest BCUT2D eigenvalue weighted by Gasteiger charge is 2.22. The van der Waals surface area contributed by atoms with Gasteiger partial charge >= 0.3 is 5.97 Å². The monoisotopic (exact) mass is 159 g/mol. The molecule has 0 fully saturated rings. The van der Waals surface area contributed by atoms with E-state index in [2.05, 4.69) is 5.16 Å². The zero-order valence-electron chi connectivity index (χ0n) is 6.24. The SMILES string of the molecule is CC(C)C(=O)C(=NO)C(=O)O. The topological polar surface area (TPSA) is 87.0 Å². The van der Waals surface area contributed by atoms with Crippen molar-refractivity contribution in [2.24, 2.45) is 11.1 Å². The van der Waals surface area contributed by atoms with Crippen molar-refractivity contribution in [1.82, 2.24) is 0 Å². The van der Waals surface area contributed by atoms with Crippen LogP contribution in [0.25, 0.3) is 0 Å². The summed E-state index contributed by atoms with van der Waals surface area (Å²) in [7, 11) is 0. The molecular formula is C6H9NO4. The Morgan fingerprint density at radius 3 is 1.91 bits per heavy atom. The first-order chi connectivity index (χ1) is 5.00. The molecule has 0 spiro atoms. The fourth-order valence-corrected chi connectivity index (χ4v) is 0.471. The molecule has 62 valence electrons. The molecule has 0 atom stereocenters. The highest BCUT2D eigenvalue weighted by molar-refractivity contribution is 6.64. The van der Waals surface area contributed by atoms with Crippen LogP contribution in [0.5, 0.6) is 0 Å². The Morgan fingerprint density at radius 1 is 1.36 bits per heavy atom. The summed E-state index contributed by atoms with van der Waals surface area (Å²) in [6, 6.07) is 0. The zero-order valence-corrected chi connectivity index (χ0v) is 6.24. The molecule has 0 radical (unpaired) electrons. The molecule has 0 aliphatic carbocycles. The van der Waals surface area contributed by atoms with Gasteiger partial charge in [0, 0.05) is 5.92 Å². The highest BCUT2D eigenvalue weighted by atomic mass is 16.4. The number of carbonyl (C=O) groups is 2. The third-order valence-corrected chi connectivity index (χ3v) is 1.06. The Balaban J connectivity index is 4.55. The van der Waals surface area contributed by atoms with Crippen LogP contribution >= 0.6 is 0 Å². The summed E-state index contributed by atoms with van der Waals surface area (Å²) in [5.74, 6) is -2.66. The third-order valence-electron chi connectivity index (χ3n) is 1.06. The van der Waals surface area contributed by atoms with E-state index in [1.807, 2.05) is 0 Å². The molecular weight excluding hydrogens is 150 g/mol. The minimum absolute atomic E-state index is 0.475. The number of nitrogens with zero attached hydrogens (tertiary/aromatic N) is 1. The maximum absolute atomic E-state index is 10.8. The molecule has 11 heavy (non-hydrogen) atoms. The standard InChI is InChI=1S/C6H9NO4/c1-3(2)5(8)4(7-11)6(9)10/h3,11H,1-2H3,(H,9,10). The van der Waals surface area contributed by atoms with Crippen molar-refractivity contribution in [3.63, 3.8) is 0 Å². The molecule has 0 aliphatic rings. The predicted octanol–water partition coefficient (Wildman–Crippen LogP) is 0.126. The molecule has 0 bridgehead atoms. The summed E-state index contributed by atoms with van der Waals surface area (Å²) < 4.78 is 0. The van der Waals surface area contributed by atoms with Gasteiger partial charge in [-0.2, -0.15) is 0 Å². The van der Waals surface area contributed by atoms with Crippen LogP contribution in [-0.4, -0.2) is 27.8 Å². The van der Waals surface area contributed by atoms with Crippen molar-refractivity contribution in [1.29, 1.82) is 0 Å². The van der Waals surface area contributed by atoms with Gasteiger partial charge in [0.1, 0.15) is 0 Å². The van der Waals surface area contributed by atoms with Gasteiger partial charge in [0.15, 0.2) is 5.78 Å². The van der Waals surface area contributed by atoms with Gasteiger partial charge < -0.3 is 10.3 Å². The van der Waals surface area contributed by atoms with Gasteiger partial charge in [-0.15, -0.1) is 0 Å². The second-order valence-corrected chi connectivity index (χ2v) is 2.27. The minimum Gasteiger partial charge on any atom is -0.476 e. The molecule has 0 aromatic heterocycles. The number of carbonyl (C=O) groups excluding carboxylic acids is 1. The lowest BCUT2D eigenvalue weighted by molar-refractivity contribution is -0.130. The van der Waals surface area contributed by atoms with Crippen LogP contribution in [0.2, 0.25) is 0 Å². The van der Waals surface area contributed by atoms with Gasteiger partial charge in [0.2, 0.25) is 5.71 Å². The Kier molecular flexibility index (Phi) is 3.23. The predicted molar refractivity (Wildman–Crippen MR) is 36.7 cm³/mol. The molecule has 0 aliphatic heterocycles. The van der Waals surface area contributed by atoms with Gasteiger partial charge in [-0.05, 0) is 0 Å². The van der Waals surface area contributed by atoms with E-state index in [0.717, 1.165) is 0 Å². The zero-order chi connectivity index (χ0) is 9.02. The Labute approximate surface area is 63.3 Å². The van der Waals surface area contributed by atoms with E-state index in [1.165, 1.54) is 13.8 Å². The number of rotatable bonds is 3. The lowest BCUT2D eigenvalue weighted by atomic mass is 10.1. The van der Waals surface area contributed by atoms with E-state index in [0.29, 0.717) is 0 Å². The Morgan fingerprint density at radius 2 is 1.82 bits per heavy atom. The number of ketones is 1. The Bertz CT molecular complexity index is 207. The average Bonchev–Trinajstić information content (AvgIpc) is 1.88. The first kappa shape index (κ1) is 9.61. The number of aliphatic carboxylic acids is 1. The maximum atomic E-state index is 10.8. The summed E-state index contributed by atoms with van der Waals surface area (Å²) >= 11 is 0. The number of carboxylic acid groups (broad SMARTS) is 1. The van der Waals surface area contributed by atoms with Gasteiger partial charge in [0.25, 0.3) is 0 Å². The second kappa shape index (κ2) is 3.70. The van der Waals surface area contributed by atoms with Crippen molar-refractivity contribution >= 4 is 17.5 Å². The van der Waals surface area contributed by atoms with Gasteiger partial charge in [-0.3, -0.25) is 4.79 Å². The van der Waals surface area contributed by atoms with Crippen LogP contribution in [0.4, 0.5) is 0 Å².